The van der Waals surface area contributed by atoms with E-state index in [0.717, 1.165) is 44.3 Å². The lowest BCUT2D eigenvalue weighted by Crippen LogP contribution is -2.59. The van der Waals surface area contributed by atoms with Crippen LogP contribution in [0, 0.1) is 5.92 Å². The van der Waals surface area contributed by atoms with Crippen molar-refractivity contribution in [2.45, 2.75) is 50.8 Å². The SMILES string of the molecule is CCC1[C@H](OC(=O)N2CCc3ccccc3[C@@H]2c2ccccc2)C2CCN1CC2. The van der Waals surface area contributed by atoms with Gasteiger partial charge in [0.05, 0.1) is 6.04 Å². The van der Waals surface area contributed by atoms with E-state index in [9.17, 15) is 4.79 Å². The van der Waals surface area contributed by atoms with Crippen LogP contribution in [-0.4, -0.2) is 47.7 Å². The summed E-state index contributed by atoms with van der Waals surface area (Å²) in [5.41, 5.74) is 3.71. The zero-order chi connectivity index (χ0) is 19.8. The summed E-state index contributed by atoms with van der Waals surface area (Å²) in [5.74, 6) is 0.515. The molecular formula is C25H30N2O2. The Bertz CT molecular complexity index is 860. The van der Waals surface area contributed by atoms with Crippen LogP contribution in [0.4, 0.5) is 4.79 Å². The highest BCUT2D eigenvalue weighted by Crippen LogP contribution is 2.39. The first-order valence-electron chi connectivity index (χ1n) is 11.1. The number of benzene rings is 2. The zero-order valence-electron chi connectivity index (χ0n) is 17.2. The highest BCUT2D eigenvalue weighted by Gasteiger charge is 2.45. The Morgan fingerprint density at radius 1 is 1.00 bits per heavy atom. The van der Waals surface area contributed by atoms with Crippen molar-refractivity contribution in [3.8, 4) is 0 Å². The summed E-state index contributed by atoms with van der Waals surface area (Å²) in [6, 6.07) is 19.2. The van der Waals surface area contributed by atoms with E-state index in [-0.39, 0.29) is 18.2 Å². The van der Waals surface area contributed by atoms with E-state index in [1.54, 1.807) is 0 Å². The third-order valence-corrected chi connectivity index (χ3v) is 7.18. The number of carbonyl (C=O) groups is 1. The Morgan fingerprint density at radius 2 is 1.72 bits per heavy atom. The van der Waals surface area contributed by atoms with Crippen LogP contribution in [-0.2, 0) is 11.2 Å². The number of hydrogen-bond acceptors (Lipinski definition) is 3. The van der Waals surface area contributed by atoms with Crippen LogP contribution in [0.1, 0.15) is 48.9 Å². The van der Waals surface area contributed by atoms with Gasteiger partial charge in [-0.3, -0.25) is 9.80 Å². The monoisotopic (exact) mass is 390 g/mol. The number of nitrogens with zero attached hydrogens (tertiary/aromatic N) is 2. The number of rotatable bonds is 3. The number of carbonyl (C=O) groups excluding carboxylic acids is 1. The normalized spacial score (nSPS) is 30.7. The van der Waals surface area contributed by atoms with Crippen LogP contribution < -0.4 is 0 Å². The maximum atomic E-state index is 13.5. The second-order valence-corrected chi connectivity index (χ2v) is 8.65. The van der Waals surface area contributed by atoms with Gasteiger partial charge in [0.2, 0.25) is 0 Å². The molecule has 3 fully saturated rings. The van der Waals surface area contributed by atoms with Crippen molar-refractivity contribution in [1.29, 1.82) is 0 Å². The molecule has 2 bridgehead atoms. The lowest BCUT2D eigenvalue weighted by atomic mass is 9.79. The van der Waals surface area contributed by atoms with Crippen molar-refractivity contribution < 1.29 is 9.53 Å². The molecule has 0 radical (unpaired) electrons. The molecule has 1 unspecified atom stereocenters. The molecule has 0 saturated carbocycles. The van der Waals surface area contributed by atoms with E-state index >= 15 is 0 Å². The van der Waals surface area contributed by atoms with Gasteiger partial charge in [-0.05, 0) is 55.5 Å². The van der Waals surface area contributed by atoms with E-state index in [4.69, 9.17) is 4.74 Å². The molecule has 4 aliphatic rings. The zero-order valence-corrected chi connectivity index (χ0v) is 17.2. The van der Waals surface area contributed by atoms with E-state index < -0.39 is 0 Å². The van der Waals surface area contributed by atoms with Crippen LogP contribution in [0.3, 0.4) is 0 Å². The third kappa shape index (κ3) is 3.33. The number of fused-ring (bicyclic) bond motifs is 4. The molecule has 4 aliphatic heterocycles. The average Bonchev–Trinajstić information content (AvgIpc) is 2.79. The van der Waals surface area contributed by atoms with Gasteiger partial charge in [0, 0.05) is 18.5 Å². The lowest BCUT2D eigenvalue weighted by molar-refractivity contribution is -0.0872. The molecule has 4 heterocycles. The average molecular weight is 391 g/mol. The highest BCUT2D eigenvalue weighted by molar-refractivity contribution is 5.70. The predicted molar refractivity (Wildman–Crippen MR) is 114 cm³/mol. The Labute approximate surface area is 173 Å². The first-order chi connectivity index (χ1) is 14.3. The molecule has 0 spiro atoms. The van der Waals surface area contributed by atoms with E-state index in [1.165, 1.54) is 11.1 Å². The minimum atomic E-state index is -0.148. The maximum absolute atomic E-state index is 13.5. The second kappa shape index (κ2) is 7.83. The molecule has 152 valence electrons. The van der Waals surface area contributed by atoms with Gasteiger partial charge in [0.15, 0.2) is 0 Å². The topological polar surface area (TPSA) is 32.8 Å². The van der Waals surface area contributed by atoms with Crippen LogP contribution in [0.5, 0.6) is 0 Å². The molecule has 3 atom stereocenters. The molecule has 6 rings (SSSR count). The molecular weight excluding hydrogens is 360 g/mol. The molecule has 0 aromatic heterocycles. The number of piperidine rings is 3. The summed E-state index contributed by atoms with van der Waals surface area (Å²) in [7, 11) is 0. The first kappa shape index (κ1) is 18.7. The third-order valence-electron chi connectivity index (χ3n) is 7.18. The van der Waals surface area contributed by atoms with E-state index in [2.05, 4.69) is 60.4 Å². The Morgan fingerprint density at radius 3 is 2.48 bits per heavy atom. The van der Waals surface area contributed by atoms with Crippen LogP contribution in [0.25, 0.3) is 0 Å². The van der Waals surface area contributed by atoms with Crippen molar-refractivity contribution in [3.05, 3.63) is 71.3 Å². The largest absolute Gasteiger partial charge is 0.444 e. The summed E-state index contributed by atoms with van der Waals surface area (Å²) < 4.78 is 6.28. The van der Waals surface area contributed by atoms with Crippen molar-refractivity contribution in [2.24, 2.45) is 5.92 Å². The Kier molecular flexibility index (Phi) is 5.04. The van der Waals surface area contributed by atoms with Gasteiger partial charge in [-0.2, -0.15) is 0 Å². The molecule has 29 heavy (non-hydrogen) atoms. The fourth-order valence-corrected chi connectivity index (χ4v) is 5.71. The fraction of sp³-hybridized carbons (Fsp3) is 0.480. The first-order valence-corrected chi connectivity index (χ1v) is 11.1. The van der Waals surface area contributed by atoms with Crippen molar-refractivity contribution in [3.63, 3.8) is 0 Å². The molecule has 4 nitrogen and oxygen atoms in total. The molecule has 3 saturated heterocycles. The summed E-state index contributed by atoms with van der Waals surface area (Å²) >= 11 is 0. The predicted octanol–water partition coefficient (Wildman–Crippen LogP) is 4.64. The van der Waals surface area contributed by atoms with Crippen LogP contribution >= 0.6 is 0 Å². The highest BCUT2D eigenvalue weighted by atomic mass is 16.6. The molecule has 0 N–H and O–H groups in total. The molecule has 2 aromatic carbocycles. The van der Waals surface area contributed by atoms with Crippen molar-refractivity contribution in [1.82, 2.24) is 9.80 Å². The van der Waals surface area contributed by atoms with Crippen LogP contribution in [0.15, 0.2) is 54.6 Å². The number of hydrogen-bond donors (Lipinski definition) is 0. The standard InChI is InChI=1S/C25H30N2O2/c1-2-22-24(20-12-15-26(22)16-13-20)29-25(28)27-17-14-18-8-6-7-11-21(18)23(27)19-9-4-3-5-10-19/h3-11,20,22-24H,2,12-17H2,1H3/t22?,23-,24+/m0/s1. The van der Waals surface area contributed by atoms with Crippen molar-refractivity contribution >= 4 is 6.09 Å². The van der Waals surface area contributed by atoms with E-state index in [0.29, 0.717) is 18.5 Å². The minimum absolute atomic E-state index is 0.0311. The van der Waals surface area contributed by atoms with Gasteiger partial charge in [0.1, 0.15) is 6.10 Å². The van der Waals surface area contributed by atoms with Gasteiger partial charge in [-0.1, -0.05) is 61.5 Å². The van der Waals surface area contributed by atoms with Gasteiger partial charge < -0.3 is 4.74 Å². The summed E-state index contributed by atoms with van der Waals surface area (Å²) in [5, 5.41) is 0. The summed E-state index contributed by atoms with van der Waals surface area (Å²) in [6.45, 7) is 5.23. The van der Waals surface area contributed by atoms with Crippen LogP contribution in [0.2, 0.25) is 0 Å². The number of ether oxygens (including phenoxy) is 1. The molecule has 0 aliphatic carbocycles. The summed E-state index contributed by atoms with van der Waals surface area (Å²) in [6.07, 6.45) is 4.11. The molecule has 1 amide bonds. The Balaban J connectivity index is 1.44. The van der Waals surface area contributed by atoms with Gasteiger partial charge in [-0.25, -0.2) is 4.79 Å². The van der Waals surface area contributed by atoms with Gasteiger partial charge >= 0.3 is 6.09 Å². The quantitative estimate of drug-likeness (QED) is 0.765. The smallest absolute Gasteiger partial charge is 0.410 e. The summed E-state index contributed by atoms with van der Waals surface area (Å²) in [4.78, 5) is 18.0. The fourth-order valence-electron chi connectivity index (χ4n) is 5.71. The van der Waals surface area contributed by atoms with Crippen molar-refractivity contribution in [2.75, 3.05) is 19.6 Å². The van der Waals surface area contributed by atoms with E-state index in [1.807, 2.05) is 11.0 Å². The van der Waals surface area contributed by atoms with Gasteiger partial charge in [-0.15, -0.1) is 0 Å². The van der Waals surface area contributed by atoms with Gasteiger partial charge in [0.25, 0.3) is 0 Å². The Hall–Kier alpha value is -2.33. The number of amides is 1. The minimum Gasteiger partial charge on any atom is -0.444 e. The second-order valence-electron chi connectivity index (χ2n) is 8.65. The molecule has 2 aromatic rings. The maximum Gasteiger partial charge on any atom is 0.410 e. The molecule has 4 heteroatoms. The lowest BCUT2D eigenvalue weighted by Gasteiger charge is -2.50.